The molecule has 0 saturated carbocycles. The van der Waals surface area contributed by atoms with E-state index in [1.807, 2.05) is 37.3 Å². The normalized spacial score (nSPS) is 14.9. The molecule has 1 saturated heterocycles. The van der Waals surface area contributed by atoms with E-state index in [1.165, 1.54) is 5.56 Å². The molecule has 0 aliphatic carbocycles. The Labute approximate surface area is 194 Å². The number of piperidine rings is 1. The third-order valence-corrected chi connectivity index (χ3v) is 6.72. The molecule has 6 heteroatoms. The molecule has 32 heavy (non-hydrogen) atoms. The zero-order chi connectivity index (χ0) is 22.2. The van der Waals surface area contributed by atoms with E-state index < -0.39 is 0 Å². The first-order chi connectivity index (χ1) is 15.7. The molecule has 1 fully saturated rings. The van der Waals surface area contributed by atoms with E-state index >= 15 is 0 Å². The summed E-state index contributed by atoms with van der Waals surface area (Å²) >= 11 is 1.70. The van der Waals surface area contributed by atoms with E-state index in [0.717, 1.165) is 60.9 Å². The van der Waals surface area contributed by atoms with Gasteiger partial charge in [0.2, 0.25) is 5.91 Å². The Bertz CT molecular complexity index is 980. The Morgan fingerprint density at radius 2 is 1.84 bits per heavy atom. The van der Waals surface area contributed by atoms with Crippen molar-refractivity contribution in [1.29, 1.82) is 0 Å². The third kappa shape index (κ3) is 6.65. The summed E-state index contributed by atoms with van der Waals surface area (Å²) in [7, 11) is 0. The average molecular weight is 450 g/mol. The molecule has 3 aromatic rings. The predicted molar refractivity (Wildman–Crippen MR) is 129 cm³/mol. The van der Waals surface area contributed by atoms with E-state index in [9.17, 15) is 4.79 Å². The van der Waals surface area contributed by atoms with Gasteiger partial charge in [-0.2, -0.15) is 0 Å². The van der Waals surface area contributed by atoms with Gasteiger partial charge in [-0.25, -0.2) is 4.98 Å². The Morgan fingerprint density at radius 3 is 2.53 bits per heavy atom. The van der Waals surface area contributed by atoms with Crippen molar-refractivity contribution in [2.75, 3.05) is 19.6 Å². The van der Waals surface area contributed by atoms with Gasteiger partial charge in [0.25, 0.3) is 0 Å². The maximum absolute atomic E-state index is 12.6. The van der Waals surface area contributed by atoms with Crippen LogP contribution in [0.4, 0.5) is 0 Å². The number of nitrogens with zero attached hydrogens (tertiary/aromatic N) is 2. The lowest BCUT2D eigenvalue weighted by Gasteiger charge is -2.30. The predicted octanol–water partition coefficient (Wildman–Crippen LogP) is 4.60. The van der Waals surface area contributed by atoms with Crippen LogP contribution in [0.3, 0.4) is 0 Å². The number of aryl methyl sites for hydroxylation is 1. The van der Waals surface area contributed by atoms with Gasteiger partial charge >= 0.3 is 0 Å². The Hall–Kier alpha value is -2.70. The molecular formula is C26H31N3O2S. The fourth-order valence-corrected chi connectivity index (χ4v) is 4.63. The van der Waals surface area contributed by atoms with Crippen LogP contribution >= 0.6 is 11.3 Å². The van der Waals surface area contributed by atoms with E-state index in [4.69, 9.17) is 4.74 Å². The highest BCUT2D eigenvalue weighted by Gasteiger charge is 2.25. The number of thiazole rings is 1. The second kappa shape index (κ2) is 11.2. The smallest absolute Gasteiger partial charge is 0.223 e. The average Bonchev–Trinajstić information content (AvgIpc) is 3.24. The Kier molecular flexibility index (Phi) is 7.91. The minimum atomic E-state index is 0.122. The number of amides is 1. The molecule has 0 spiro atoms. The van der Waals surface area contributed by atoms with Gasteiger partial charge in [0.05, 0.1) is 10.7 Å². The number of hydrogen-bond donors (Lipinski definition) is 1. The lowest BCUT2D eigenvalue weighted by Crippen LogP contribution is -2.40. The van der Waals surface area contributed by atoms with Crippen molar-refractivity contribution < 1.29 is 9.53 Å². The van der Waals surface area contributed by atoms with Gasteiger partial charge < -0.3 is 10.1 Å². The van der Waals surface area contributed by atoms with Gasteiger partial charge in [-0.3, -0.25) is 9.69 Å². The highest BCUT2D eigenvalue weighted by Crippen LogP contribution is 2.20. The van der Waals surface area contributed by atoms with E-state index in [0.29, 0.717) is 13.2 Å². The fourth-order valence-electron chi connectivity index (χ4n) is 4.03. The number of hydrogen-bond acceptors (Lipinski definition) is 5. The number of benzene rings is 2. The quantitative estimate of drug-likeness (QED) is 0.519. The monoisotopic (exact) mass is 449 g/mol. The lowest BCUT2D eigenvalue weighted by atomic mass is 9.95. The molecule has 1 N–H and O–H groups in total. The van der Waals surface area contributed by atoms with E-state index in [1.54, 1.807) is 11.3 Å². The van der Waals surface area contributed by atoms with Crippen LogP contribution < -0.4 is 10.1 Å². The van der Waals surface area contributed by atoms with Gasteiger partial charge in [0.1, 0.15) is 12.4 Å². The van der Waals surface area contributed by atoms with Gasteiger partial charge in [0.15, 0.2) is 0 Å². The van der Waals surface area contributed by atoms with Crippen molar-refractivity contribution in [2.24, 2.45) is 5.92 Å². The maximum atomic E-state index is 12.6. The highest BCUT2D eigenvalue weighted by atomic mass is 32.1. The SMILES string of the molecule is Cc1nc(CN2CCC(C(=O)NCCc3ccc(OCc4ccccc4)cc3)CC2)cs1. The molecule has 2 aromatic carbocycles. The molecule has 1 amide bonds. The molecule has 4 rings (SSSR count). The summed E-state index contributed by atoms with van der Waals surface area (Å²) in [6.07, 6.45) is 2.66. The number of likely N-dealkylation sites (tertiary alicyclic amines) is 1. The largest absolute Gasteiger partial charge is 0.489 e. The molecule has 5 nitrogen and oxygen atoms in total. The van der Waals surface area contributed by atoms with Crippen LogP contribution in [-0.2, 0) is 24.4 Å². The molecule has 2 heterocycles. The molecule has 0 radical (unpaired) electrons. The third-order valence-electron chi connectivity index (χ3n) is 5.90. The second-order valence-corrected chi connectivity index (χ2v) is 9.43. The second-order valence-electron chi connectivity index (χ2n) is 8.37. The minimum absolute atomic E-state index is 0.122. The zero-order valence-corrected chi connectivity index (χ0v) is 19.4. The van der Waals surface area contributed by atoms with Gasteiger partial charge in [0, 0.05) is 24.4 Å². The number of aromatic nitrogens is 1. The first kappa shape index (κ1) is 22.5. The molecule has 0 unspecified atom stereocenters. The number of carbonyl (C=O) groups excluding carboxylic acids is 1. The van der Waals surface area contributed by atoms with Gasteiger partial charge in [-0.15, -0.1) is 11.3 Å². The lowest BCUT2D eigenvalue weighted by molar-refractivity contribution is -0.126. The van der Waals surface area contributed by atoms with Crippen LogP contribution in [0.1, 0.15) is 34.7 Å². The molecule has 1 aliphatic rings. The molecule has 1 aliphatic heterocycles. The first-order valence-corrected chi connectivity index (χ1v) is 12.2. The van der Waals surface area contributed by atoms with Crippen LogP contribution in [0.5, 0.6) is 5.75 Å². The van der Waals surface area contributed by atoms with E-state index in [-0.39, 0.29) is 11.8 Å². The first-order valence-electron chi connectivity index (χ1n) is 11.3. The van der Waals surface area contributed by atoms with Crippen molar-refractivity contribution in [3.63, 3.8) is 0 Å². The van der Waals surface area contributed by atoms with Crippen molar-refractivity contribution >= 4 is 17.2 Å². The van der Waals surface area contributed by atoms with Crippen molar-refractivity contribution in [3.8, 4) is 5.75 Å². The summed E-state index contributed by atoms with van der Waals surface area (Å²) in [5, 5.41) is 6.38. The Balaban J connectivity index is 1.13. The summed E-state index contributed by atoms with van der Waals surface area (Å²) in [4.78, 5) is 19.5. The fraction of sp³-hybridized carbons (Fsp3) is 0.385. The summed E-state index contributed by atoms with van der Waals surface area (Å²) in [6, 6.07) is 18.3. The van der Waals surface area contributed by atoms with Crippen LogP contribution in [0.2, 0.25) is 0 Å². The van der Waals surface area contributed by atoms with Crippen molar-refractivity contribution in [2.45, 2.75) is 39.3 Å². The van der Waals surface area contributed by atoms with Crippen molar-refractivity contribution in [1.82, 2.24) is 15.2 Å². The number of rotatable bonds is 9. The van der Waals surface area contributed by atoms with Gasteiger partial charge in [-0.1, -0.05) is 42.5 Å². The van der Waals surface area contributed by atoms with Crippen molar-refractivity contribution in [3.05, 3.63) is 81.8 Å². The summed E-state index contributed by atoms with van der Waals surface area (Å²) in [5.74, 6) is 1.18. The van der Waals surface area contributed by atoms with Crippen LogP contribution in [-0.4, -0.2) is 35.4 Å². The standard InChI is InChI=1S/C26H31N3O2S/c1-20-28-24(19-32-20)17-29-15-12-23(13-16-29)26(30)27-14-11-21-7-9-25(10-8-21)31-18-22-5-3-2-4-6-22/h2-10,19,23H,11-18H2,1H3,(H,27,30). The molecular weight excluding hydrogens is 418 g/mol. The number of ether oxygens (including phenoxy) is 1. The highest BCUT2D eigenvalue weighted by molar-refractivity contribution is 7.09. The summed E-state index contributed by atoms with van der Waals surface area (Å²) in [6.45, 7) is 6.08. The topological polar surface area (TPSA) is 54.5 Å². The van der Waals surface area contributed by atoms with Crippen LogP contribution in [0, 0.1) is 12.8 Å². The summed E-state index contributed by atoms with van der Waals surface area (Å²) < 4.78 is 5.84. The number of carbonyl (C=O) groups is 1. The zero-order valence-electron chi connectivity index (χ0n) is 18.6. The van der Waals surface area contributed by atoms with Gasteiger partial charge in [-0.05, 0) is 62.5 Å². The van der Waals surface area contributed by atoms with E-state index in [2.05, 4.69) is 44.8 Å². The molecule has 0 bridgehead atoms. The summed E-state index contributed by atoms with van der Waals surface area (Å²) in [5.41, 5.74) is 3.50. The van der Waals surface area contributed by atoms with Crippen LogP contribution in [0.25, 0.3) is 0 Å². The Morgan fingerprint density at radius 1 is 1.09 bits per heavy atom. The molecule has 0 atom stereocenters. The van der Waals surface area contributed by atoms with Crippen LogP contribution in [0.15, 0.2) is 60.0 Å². The maximum Gasteiger partial charge on any atom is 0.223 e. The minimum Gasteiger partial charge on any atom is -0.489 e. The number of nitrogens with one attached hydrogen (secondary N) is 1. The molecule has 1 aromatic heterocycles. The molecule has 168 valence electrons.